The SMILES string of the molecule is O=C(CNC(=O)CC(NC(=O)c1ccccc1Cl)c1ccccc1)NCc1ccco1. The van der Waals surface area contributed by atoms with Gasteiger partial charge in [0.2, 0.25) is 11.8 Å². The molecule has 1 aromatic heterocycles. The molecule has 0 saturated carbocycles. The van der Waals surface area contributed by atoms with E-state index in [0.29, 0.717) is 16.3 Å². The molecule has 0 aliphatic heterocycles. The molecular weight excluding hydrogens is 418 g/mol. The van der Waals surface area contributed by atoms with Crippen molar-refractivity contribution >= 4 is 29.3 Å². The van der Waals surface area contributed by atoms with Crippen LogP contribution in [0.2, 0.25) is 5.02 Å². The normalized spacial score (nSPS) is 11.4. The largest absolute Gasteiger partial charge is 0.467 e. The van der Waals surface area contributed by atoms with Gasteiger partial charge in [0.1, 0.15) is 5.76 Å². The first-order chi connectivity index (χ1) is 15.0. The molecule has 0 aliphatic rings. The summed E-state index contributed by atoms with van der Waals surface area (Å²) in [6, 6.07) is 18.7. The van der Waals surface area contributed by atoms with Gasteiger partial charge in [0, 0.05) is 0 Å². The number of carbonyl (C=O) groups is 3. The van der Waals surface area contributed by atoms with Crippen molar-refractivity contribution in [3.05, 3.63) is 94.9 Å². The summed E-state index contributed by atoms with van der Waals surface area (Å²) in [6.07, 6.45) is 1.48. The van der Waals surface area contributed by atoms with Gasteiger partial charge in [0.05, 0.1) is 42.4 Å². The van der Waals surface area contributed by atoms with Gasteiger partial charge in [-0.15, -0.1) is 0 Å². The molecule has 3 N–H and O–H groups in total. The number of amides is 3. The summed E-state index contributed by atoms with van der Waals surface area (Å²) >= 11 is 6.11. The predicted molar refractivity (Wildman–Crippen MR) is 116 cm³/mol. The zero-order valence-corrected chi connectivity index (χ0v) is 17.4. The van der Waals surface area contributed by atoms with Gasteiger partial charge in [-0.2, -0.15) is 0 Å². The van der Waals surface area contributed by atoms with Crippen molar-refractivity contribution in [1.29, 1.82) is 0 Å². The number of rotatable bonds is 9. The van der Waals surface area contributed by atoms with Gasteiger partial charge in [-0.3, -0.25) is 14.4 Å². The van der Waals surface area contributed by atoms with Gasteiger partial charge in [0.25, 0.3) is 5.91 Å². The van der Waals surface area contributed by atoms with E-state index in [2.05, 4.69) is 16.0 Å². The van der Waals surface area contributed by atoms with E-state index >= 15 is 0 Å². The Bertz CT molecular complexity index is 1020. The molecule has 3 amide bonds. The fourth-order valence-electron chi connectivity index (χ4n) is 2.92. The number of benzene rings is 2. The minimum absolute atomic E-state index is 0.0360. The first-order valence-corrected chi connectivity index (χ1v) is 10.1. The molecule has 31 heavy (non-hydrogen) atoms. The lowest BCUT2D eigenvalue weighted by molar-refractivity contribution is -0.126. The second-order valence-corrected chi connectivity index (χ2v) is 7.16. The van der Waals surface area contributed by atoms with Gasteiger partial charge >= 0.3 is 0 Å². The van der Waals surface area contributed by atoms with Crippen LogP contribution < -0.4 is 16.0 Å². The molecule has 0 bridgehead atoms. The Morgan fingerprint density at radius 3 is 2.32 bits per heavy atom. The molecule has 1 atom stereocenters. The van der Waals surface area contributed by atoms with E-state index in [1.807, 2.05) is 30.3 Å². The van der Waals surface area contributed by atoms with E-state index in [-0.39, 0.29) is 37.2 Å². The molecule has 0 saturated heterocycles. The maximum atomic E-state index is 12.7. The van der Waals surface area contributed by atoms with E-state index in [9.17, 15) is 14.4 Å². The summed E-state index contributed by atoms with van der Waals surface area (Å²) in [6.45, 7) is 0.0573. The molecule has 160 valence electrons. The van der Waals surface area contributed by atoms with Gasteiger partial charge < -0.3 is 20.4 Å². The maximum Gasteiger partial charge on any atom is 0.253 e. The Balaban J connectivity index is 1.58. The highest BCUT2D eigenvalue weighted by molar-refractivity contribution is 6.33. The van der Waals surface area contributed by atoms with Crippen molar-refractivity contribution in [2.24, 2.45) is 0 Å². The lowest BCUT2D eigenvalue weighted by Crippen LogP contribution is -2.39. The first-order valence-electron chi connectivity index (χ1n) is 9.69. The smallest absolute Gasteiger partial charge is 0.253 e. The van der Waals surface area contributed by atoms with Gasteiger partial charge in [0.15, 0.2) is 0 Å². The van der Waals surface area contributed by atoms with Crippen LogP contribution >= 0.6 is 11.6 Å². The molecule has 0 fully saturated rings. The molecule has 0 spiro atoms. The molecule has 8 heteroatoms. The molecule has 3 rings (SSSR count). The maximum absolute atomic E-state index is 12.7. The summed E-state index contributed by atoms with van der Waals surface area (Å²) < 4.78 is 5.14. The number of furan rings is 1. The molecule has 0 aliphatic carbocycles. The van der Waals surface area contributed by atoms with Crippen LogP contribution in [0.15, 0.2) is 77.4 Å². The molecule has 3 aromatic rings. The quantitative estimate of drug-likeness (QED) is 0.476. The third-order valence-corrected chi connectivity index (χ3v) is 4.83. The summed E-state index contributed by atoms with van der Waals surface area (Å²) in [7, 11) is 0. The Kier molecular flexibility index (Phi) is 7.84. The van der Waals surface area contributed by atoms with Crippen LogP contribution in [-0.4, -0.2) is 24.3 Å². The van der Waals surface area contributed by atoms with Crippen LogP contribution in [0, 0.1) is 0 Å². The van der Waals surface area contributed by atoms with E-state index in [1.54, 1.807) is 36.4 Å². The fourth-order valence-corrected chi connectivity index (χ4v) is 3.14. The van der Waals surface area contributed by atoms with Crippen molar-refractivity contribution < 1.29 is 18.8 Å². The third-order valence-electron chi connectivity index (χ3n) is 4.50. The van der Waals surface area contributed by atoms with Gasteiger partial charge in [-0.1, -0.05) is 54.1 Å². The van der Waals surface area contributed by atoms with Crippen LogP contribution in [0.4, 0.5) is 0 Å². The Hall–Kier alpha value is -3.58. The number of hydrogen-bond donors (Lipinski definition) is 3. The summed E-state index contributed by atoms with van der Waals surface area (Å²) in [5.41, 5.74) is 1.09. The third kappa shape index (κ3) is 6.72. The zero-order valence-electron chi connectivity index (χ0n) is 16.6. The summed E-state index contributed by atoms with van der Waals surface area (Å²) in [4.78, 5) is 37.1. The average Bonchev–Trinajstić information content (AvgIpc) is 3.30. The monoisotopic (exact) mass is 439 g/mol. The topological polar surface area (TPSA) is 100 Å². The van der Waals surface area contributed by atoms with Crippen LogP contribution in [0.5, 0.6) is 0 Å². The van der Waals surface area contributed by atoms with Crippen LogP contribution in [0.1, 0.15) is 34.1 Å². The van der Waals surface area contributed by atoms with Crippen molar-refractivity contribution in [2.75, 3.05) is 6.54 Å². The van der Waals surface area contributed by atoms with E-state index in [4.69, 9.17) is 16.0 Å². The van der Waals surface area contributed by atoms with Crippen LogP contribution in [-0.2, 0) is 16.1 Å². The van der Waals surface area contributed by atoms with Crippen molar-refractivity contribution in [2.45, 2.75) is 19.0 Å². The van der Waals surface area contributed by atoms with Crippen LogP contribution in [0.3, 0.4) is 0 Å². The van der Waals surface area contributed by atoms with E-state index in [1.165, 1.54) is 6.26 Å². The number of halogens is 1. The van der Waals surface area contributed by atoms with E-state index in [0.717, 1.165) is 5.56 Å². The van der Waals surface area contributed by atoms with Crippen molar-refractivity contribution in [3.8, 4) is 0 Å². The summed E-state index contributed by atoms with van der Waals surface area (Å²) in [5.74, 6) is -0.489. The Morgan fingerprint density at radius 2 is 1.61 bits per heavy atom. The van der Waals surface area contributed by atoms with Crippen molar-refractivity contribution in [3.63, 3.8) is 0 Å². The van der Waals surface area contributed by atoms with Crippen LogP contribution in [0.25, 0.3) is 0 Å². The highest BCUT2D eigenvalue weighted by Gasteiger charge is 2.20. The Labute approximate surface area is 184 Å². The number of nitrogens with one attached hydrogen (secondary N) is 3. The molecular formula is C23H22ClN3O4. The highest BCUT2D eigenvalue weighted by Crippen LogP contribution is 2.20. The molecule has 1 unspecified atom stereocenters. The Morgan fingerprint density at radius 1 is 0.871 bits per heavy atom. The first kappa shape index (κ1) is 22.1. The fraction of sp³-hybridized carbons (Fsp3) is 0.174. The summed E-state index contributed by atoms with van der Waals surface area (Å²) in [5, 5.41) is 8.41. The van der Waals surface area contributed by atoms with E-state index < -0.39 is 6.04 Å². The second kappa shape index (κ2) is 11.0. The minimum atomic E-state index is -0.587. The number of carbonyl (C=O) groups excluding carboxylic acids is 3. The minimum Gasteiger partial charge on any atom is -0.467 e. The molecule has 1 heterocycles. The van der Waals surface area contributed by atoms with Crippen molar-refractivity contribution in [1.82, 2.24) is 16.0 Å². The molecule has 2 aromatic carbocycles. The molecule has 7 nitrogen and oxygen atoms in total. The lowest BCUT2D eigenvalue weighted by Gasteiger charge is -2.19. The average molecular weight is 440 g/mol. The molecule has 0 radical (unpaired) electrons. The standard InChI is InChI=1S/C23H22ClN3O4/c24-19-11-5-4-10-18(19)23(30)27-20(16-7-2-1-3-8-16)13-21(28)26-15-22(29)25-14-17-9-6-12-31-17/h1-12,20H,13-15H2,(H,25,29)(H,26,28)(H,27,30). The predicted octanol–water partition coefficient (Wildman–Crippen LogP) is 3.23. The van der Waals surface area contributed by atoms with Gasteiger partial charge in [-0.25, -0.2) is 0 Å². The number of hydrogen-bond acceptors (Lipinski definition) is 4. The lowest BCUT2D eigenvalue weighted by atomic mass is 10.0. The van der Waals surface area contributed by atoms with Gasteiger partial charge in [-0.05, 0) is 29.8 Å². The zero-order chi connectivity index (χ0) is 22.1. The highest BCUT2D eigenvalue weighted by atomic mass is 35.5. The second-order valence-electron chi connectivity index (χ2n) is 6.75.